The van der Waals surface area contributed by atoms with Gasteiger partial charge in [-0.1, -0.05) is 30.3 Å². The molecular formula is C18H20N6. The molecule has 2 aromatic heterocycles. The Balaban J connectivity index is 1.52. The number of hydrogen-bond donors (Lipinski definition) is 0. The summed E-state index contributed by atoms with van der Waals surface area (Å²) >= 11 is 0. The van der Waals surface area contributed by atoms with E-state index < -0.39 is 0 Å². The molecule has 0 unspecified atom stereocenters. The van der Waals surface area contributed by atoms with Crippen molar-refractivity contribution < 1.29 is 0 Å². The van der Waals surface area contributed by atoms with Gasteiger partial charge in [-0.3, -0.25) is 4.98 Å². The minimum atomic E-state index is 0.316. The minimum Gasteiger partial charge on any atom is -0.346 e. The van der Waals surface area contributed by atoms with Crippen LogP contribution in [0.5, 0.6) is 0 Å². The second-order valence-electron chi connectivity index (χ2n) is 6.18. The van der Waals surface area contributed by atoms with Crippen molar-refractivity contribution in [3.8, 4) is 0 Å². The van der Waals surface area contributed by atoms with Gasteiger partial charge in [-0.15, -0.1) is 10.2 Å². The first-order valence-corrected chi connectivity index (χ1v) is 8.29. The van der Waals surface area contributed by atoms with Crippen LogP contribution in [0, 0.1) is 0 Å². The molecule has 0 N–H and O–H groups in total. The molecule has 0 saturated heterocycles. The second kappa shape index (κ2) is 6.39. The highest BCUT2D eigenvalue weighted by Crippen LogP contribution is 2.25. The molecule has 6 nitrogen and oxygen atoms in total. The van der Waals surface area contributed by atoms with E-state index in [4.69, 9.17) is 0 Å². The Bertz CT molecular complexity index is 785. The van der Waals surface area contributed by atoms with E-state index in [1.807, 2.05) is 6.07 Å². The van der Waals surface area contributed by atoms with E-state index in [-0.39, 0.29) is 0 Å². The predicted octanol–water partition coefficient (Wildman–Crippen LogP) is 2.43. The third-order valence-corrected chi connectivity index (χ3v) is 4.45. The fourth-order valence-corrected chi connectivity index (χ4v) is 3.31. The third kappa shape index (κ3) is 2.87. The van der Waals surface area contributed by atoms with Gasteiger partial charge in [0.2, 0.25) is 0 Å². The van der Waals surface area contributed by atoms with Crippen LogP contribution in [-0.2, 0) is 19.4 Å². The zero-order valence-corrected chi connectivity index (χ0v) is 13.7. The second-order valence-corrected chi connectivity index (χ2v) is 6.18. The standard InChI is InChI=1S/C18H20N6/c1-14-12-23(17-11-19-9-10-20-17)13-18-22-21-16(24(14)18)8-7-15-5-3-2-4-6-15/h2-6,9-11,14H,7-8,12-13H2,1H3/t14-/m0/s1. The first-order chi connectivity index (χ1) is 11.8. The van der Waals surface area contributed by atoms with Crippen LogP contribution < -0.4 is 4.90 Å². The zero-order valence-electron chi connectivity index (χ0n) is 13.7. The summed E-state index contributed by atoms with van der Waals surface area (Å²) in [6, 6.07) is 10.8. The fourth-order valence-electron chi connectivity index (χ4n) is 3.31. The molecule has 0 fully saturated rings. The highest BCUT2D eigenvalue weighted by atomic mass is 15.4. The number of nitrogens with zero attached hydrogens (tertiary/aromatic N) is 6. The minimum absolute atomic E-state index is 0.316. The number of anilines is 1. The van der Waals surface area contributed by atoms with Crippen LogP contribution in [0.15, 0.2) is 48.9 Å². The van der Waals surface area contributed by atoms with Crippen molar-refractivity contribution in [2.45, 2.75) is 32.4 Å². The molecule has 24 heavy (non-hydrogen) atoms. The lowest BCUT2D eigenvalue weighted by Crippen LogP contribution is -2.37. The molecule has 0 saturated carbocycles. The summed E-state index contributed by atoms with van der Waals surface area (Å²) in [6.45, 7) is 3.82. The lowest BCUT2D eigenvalue weighted by molar-refractivity contribution is 0.446. The van der Waals surface area contributed by atoms with E-state index in [0.29, 0.717) is 6.04 Å². The monoisotopic (exact) mass is 320 g/mol. The Hall–Kier alpha value is -2.76. The molecule has 1 aliphatic heterocycles. The van der Waals surface area contributed by atoms with Crippen molar-refractivity contribution in [1.82, 2.24) is 24.7 Å². The van der Waals surface area contributed by atoms with Crippen molar-refractivity contribution in [1.29, 1.82) is 0 Å². The third-order valence-electron chi connectivity index (χ3n) is 4.45. The molecule has 0 amide bonds. The molecule has 3 heterocycles. The first kappa shape index (κ1) is 14.8. The van der Waals surface area contributed by atoms with Gasteiger partial charge in [0.25, 0.3) is 0 Å². The largest absolute Gasteiger partial charge is 0.346 e. The number of rotatable bonds is 4. The Kier molecular flexibility index (Phi) is 3.94. The predicted molar refractivity (Wildman–Crippen MR) is 91.7 cm³/mol. The van der Waals surface area contributed by atoms with Crippen LogP contribution in [0.1, 0.15) is 30.2 Å². The van der Waals surface area contributed by atoms with Gasteiger partial charge in [-0.05, 0) is 18.9 Å². The summed E-state index contributed by atoms with van der Waals surface area (Å²) in [6.07, 6.45) is 7.12. The molecule has 1 atom stereocenters. The van der Waals surface area contributed by atoms with Crippen LogP contribution in [0.2, 0.25) is 0 Å². The molecule has 0 bridgehead atoms. The van der Waals surface area contributed by atoms with Gasteiger partial charge in [0.15, 0.2) is 5.82 Å². The van der Waals surface area contributed by atoms with Gasteiger partial charge in [0.05, 0.1) is 18.8 Å². The number of aromatic nitrogens is 5. The van der Waals surface area contributed by atoms with Crippen molar-refractivity contribution in [2.75, 3.05) is 11.4 Å². The van der Waals surface area contributed by atoms with Gasteiger partial charge in [-0.25, -0.2) is 4.98 Å². The maximum Gasteiger partial charge on any atom is 0.152 e. The number of aryl methyl sites for hydroxylation is 2. The average Bonchev–Trinajstić information content (AvgIpc) is 3.05. The molecule has 6 heteroatoms. The van der Waals surface area contributed by atoms with E-state index in [1.54, 1.807) is 18.6 Å². The average molecular weight is 320 g/mol. The maximum atomic E-state index is 4.44. The van der Waals surface area contributed by atoms with Crippen molar-refractivity contribution in [2.24, 2.45) is 0 Å². The summed E-state index contributed by atoms with van der Waals surface area (Å²) in [4.78, 5) is 10.8. The fraction of sp³-hybridized carbons (Fsp3) is 0.333. The molecule has 0 radical (unpaired) electrons. The molecule has 1 aromatic carbocycles. The van der Waals surface area contributed by atoms with Gasteiger partial charge < -0.3 is 9.47 Å². The normalized spacial score (nSPS) is 16.9. The van der Waals surface area contributed by atoms with Crippen LogP contribution in [0.3, 0.4) is 0 Å². The first-order valence-electron chi connectivity index (χ1n) is 8.29. The maximum absolute atomic E-state index is 4.44. The SMILES string of the molecule is C[C@H]1CN(c2cnccn2)Cc2nnc(CCc3ccccc3)n21. The zero-order chi connectivity index (χ0) is 16.4. The Labute approximate surface area is 141 Å². The van der Waals surface area contributed by atoms with Gasteiger partial charge in [0, 0.05) is 25.4 Å². The highest BCUT2D eigenvalue weighted by molar-refractivity contribution is 5.37. The van der Waals surface area contributed by atoms with Crippen molar-refractivity contribution >= 4 is 5.82 Å². The quantitative estimate of drug-likeness (QED) is 0.739. The van der Waals surface area contributed by atoms with Gasteiger partial charge >= 0.3 is 0 Å². The Morgan fingerprint density at radius 1 is 1.08 bits per heavy atom. The van der Waals surface area contributed by atoms with Crippen LogP contribution in [-0.4, -0.2) is 31.3 Å². The van der Waals surface area contributed by atoms with Crippen molar-refractivity contribution in [3.05, 3.63) is 66.1 Å². The highest BCUT2D eigenvalue weighted by Gasteiger charge is 2.27. The lowest BCUT2D eigenvalue weighted by atomic mass is 10.1. The summed E-state index contributed by atoms with van der Waals surface area (Å²) < 4.78 is 2.29. The summed E-state index contributed by atoms with van der Waals surface area (Å²) in [7, 11) is 0. The number of benzene rings is 1. The molecule has 0 spiro atoms. The lowest BCUT2D eigenvalue weighted by Gasteiger charge is -2.33. The number of hydrogen-bond acceptors (Lipinski definition) is 5. The molecule has 3 aromatic rings. The molecule has 0 aliphatic carbocycles. The van der Waals surface area contributed by atoms with Crippen molar-refractivity contribution in [3.63, 3.8) is 0 Å². The summed E-state index contributed by atoms with van der Waals surface area (Å²) in [5.74, 6) is 2.96. The molecular weight excluding hydrogens is 300 g/mol. The van der Waals surface area contributed by atoms with Gasteiger partial charge in [-0.2, -0.15) is 0 Å². The molecule has 122 valence electrons. The van der Waals surface area contributed by atoms with Gasteiger partial charge in [0.1, 0.15) is 11.6 Å². The summed E-state index contributed by atoms with van der Waals surface area (Å²) in [5.41, 5.74) is 1.33. The van der Waals surface area contributed by atoms with E-state index in [2.05, 4.69) is 60.8 Å². The number of fused-ring (bicyclic) bond motifs is 1. The molecule has 1 aliphatic rings. The molecule has 4 rings (SSSR count). The van der Waals surface area contributed by atoms with E-state index >= 15 is 0 Å². The topological polar surface area (TPSA) is 59.7 Å². The van der Waals surface area contributed by atoms with Crippen LogP contribution >= 0.6 is 0 Å². The Morgan fingerprint density at radius 3 is 2.75 bits per heavy atom. The van der Waals surface area contributed by atoms with Crippen LogP contribution in [0.25, 0.3) is 0 Å². The summed E-state index contributed by atoms with van der Waals surface area (Å²) in [5, 5.41) is 8.86. The smallest absolute Gasteiger partial charge is 0.152 e. The van der Waals surface area contributed by atoms with Crippen LogP contribution in [0.4, 0.5) is 5.82 Å². The Morgan fingerprint density at radius 2 is 1.96 bits per heavy atom. The van der Waals surface area contributed by atoms with E-state index in [0.717, 1.165) is 43.4 Å². The van der Waals surface area contributed by atoms with E-state index in [9.17, 15) is 0 Å². The van der Waals surface area contributed by atoms with E-state index in [1.165, 1.54) is 5.56 Å².